The van der Waals surface area contributed by atoms with Crippen LogP contribution in [0.4, 0.5) is 5.82 Å². The van der Waals surface area contributed by atoms with Crippen LogP contribution >= 0.6 is 0 Å². The van der Waals surface area contributed by atoms with Crippen molar-refractivity contribution in [1.29, 1.82) is 0 Å². The van der Waals surface area contributed by atoms with Gasteiger partial charge in [0.25, 0.3) is 0 Å². The first-order chi connectivity index (χ1) is 11.5. The summed E-state index contributed by atoms with van der Waals surface area (Å²) in [5.41, 5.74) is 8.02. The van der Waals surface area contributed by atoms with Crippen LogP contribution < -0.4 is 11.6 Å². The van der Waals surface area contributed by atoms with E-state index < -0.39 is 5.60 Å². The highest BCUT2D eigenvalue weighted by Crippen LogP contribution is 2.30. The summed E-state index contributed by atoms with van der Waals surface area (Å²) in [6, 6.07) is 7.87. The summed E-state index contributed by atoms with van der Waals surface area (Å²) in [6.45, 7) is 7.32. The van der Waals surface area contributed by atoms with Gasteiger partial charge in [-0.2, -0.15) is 0 Å². The molecule has 0 aliphatic carbocycles. The number of rotatable bonds is 6. The Hall–Kier alpha value is -2.22. The number of nitrogens with two attached hydrogens (primary N) is 2. The van der Waals surface area contributed by atoms with Crippen molar-refractivity contribution in [3.05, 3.63) is 30.1 Å². The highest BCUT2D eigenvalue weighted by atomic mass is 16.6. The minimum absolute atomic E-state index is 0.388. The van der Waals surface area contributed by atoms with E-state index in [1.54, 1.807) is 0 Å². The zero-order chi connectivity index (χ0) is 17.3. The lowest BCUT2D eigenvalue weighted by Crippen LogP contribution is -2.34. The van der Waals surface area contributed by atoms with Gasteiger partial charge in [0.2, 0.25) is 0 Å². The number of aromatic nitrogens is 3. The molecule has 0 aliphatic rings. The fourth-order valence-corrected chi connectivity index (χ4v) is 2.80. The van der Waals surface area contributed by atoms with Crippen molar-refractivity contribution in [2.75, 3.05) is 12.3 Å². The van der Waals surface area contributed by atoms with Crippen LogP contribution in [-0.4, -0.2) is 26.7 Å². The average Bonchev–Trinajstić information content (AvgIpc) is 2.92. The molecule has 3 aromatic rings. The molecule has 2 aromatic heterocycles. The van der Waals surface area contributed by atoms with Gasteiger partial charge in [-0.1, -0.05) is 18.2 Å². The van der Waals surface area contributed by atoms with E-state index in [1.165, 1.54) is 0 Å². The molecule has 128 valence electrons. The van der Waals surface area contributed by atoms with Gasteiger partial charge >= 0.3 is 0 Å². The molecule has 0 amide bonds. The fourth-order valence-electron chi connectivity index (χ4n) is 2.80. The van der Waals surface area contributed by atoms with Crippen molar-refractivity contribution in [2.45, 2.75) is 39.5 Å². The molecule has 0 bridgehead atoms. The lowest BCUT2D eigenvalue weighted by atomic mass is 10.1. The van der Waals surface area contributed by atoms with Crippen LogP contribution in [-0.2, 0) is 22.7 Å². The Balaban J connectivity index is 2.30. The number of para-hydroxylation sites is 1. The Morgan fingerprint density at radius 1 is 1.21 bits per heavy atom. The number of ether oxygens (including phenoxy) is 1. The van der Waals surface area contributed by atoms with Gasteiger partial charge < -0.3 is 15.0 Å². The first kappa shape index (κ1) is 16.6. The quantitative estimate of drug-likeness (QED) is 0.673. The highest BCUT2D eigenvalue weighted by molar-refractivity contribution is 6.06. The molecular weight excluding hydrogens is 306 g/mol. The molecule has 1 aromatic carbocycles. The summed E-state index contributed by atoms with van der Waals surface area (Å²) < 4.78 is 7.64. The number of hydrogen-bond donors (Lipinski definition) is 2. The monoisotopic (exact) mass is 329 g/mol. The van der Waals surface area contributed by atoms with Crippen molar-refractivity contribution in [2.24, 2.45) is 5.90 Å². The van der Waals surface area contributed by atoms with Gasteiger partial charge in [-0.3, -0.25) is 4.84 Å². The first-order valence-corrected chi connectivity index (χ1v) is 7.96. The molecule has 0 atom stereocenters. The Morgan fingerprint density at radius 2 is 1.96 bits per heavy atom. The highest BCUT2D eigenvalue weighted by Gasteiger charge is 2.24. The van der Waals surface area contributed by atoms with Gasteiger partial charge in [0.15, 0.2) is 5.82 Å². The van der Waals surface area contributed by atoms with Crippen LogP contribution in [0.5, 0.6) is 0 Å². The summed E-state index contributed by atoms with van der Waals surface area (Å²) in [5, 5.41) is 0.991. The number of hydrogen-bond acceptors (Lipinski definition) is 6. The van der Waals surface area contributed by atoms with Crippen LogP contribution in [0.3, 0.4) is 0 Å². The fraction of sp³-hybridized carbons (Fsp3) is 0.412. The predicted octanol–water partition coefficient (Wildman–Crippen LogP) is 2.37. The summed E-state index contributed by atoms with van der Waals surface area (Å²) in [4.78, 5) is 14.3. The molecule has 7 heteroatoms. The van der Waals surface area contributed by atoms with Gasteiger partial charge in [0.1, 0.15) is 23.5 Å². The van der Waals surface area contributed by atoms with Gasteiger partial charge in [-0.15, -0.1) is 0 Å². The second-order valence-electron chi connectivity index (χ2n) is 6.34. The lowest BCUT2D eigenvalue weighted by molar-refractivity contribution is -0.0319. The second kappa shape index (κ2) is 6.35. The topological polar surface area (TPSA) is 101 Å². The Bertz CT molecular complexity index is 872. The minimum Gasteiger partial charge on any atom is -0.382 e. The molecule has 2 heterocycles. The zero-order valence-corrected chi connectivity index (χ0v) is 14.2. The molecule has 4 N–H and O–H groups in total. The van der Waals surface area contributed by atoms with E-state index in [4.69, 9.17) is 21.2 Å². The number of fused-ring (bicyclic) bond motifs is 3. The Labute approximate surface area is 140 Å². The summed E-state index contributed by atoms with van der Waals surface area (Å²) in [5.74, 6) is 6.65. The second-order valence-corrected chi connectivity index (χ2v) is 6.34. The molecule has 24 heavy (non-hydrogen) atoms. The van der Waals surface area contributed by atoms with E-state index in [-0.39, 0.29) is 0 Å². The standard InChI is InChI=1S/C17H23N5O2/c1-4-23-9-13-21-14-15(22(13)10-17(2,3)24-19)11-7-5-6-8-12(11)20-16(14)18/h5-8H,4,9-10,19H2,1-3H3,(H2,18,20). The number of imidazole rings is 1. The van der Waals surface area contributed by atoms with Crippen molar-refractivity contribution < 1.29 is 9.57 Å². The first-order valence-electron chi connectivity index (χ1n) is 7.96. The van der Waals surface area contributed by atoms with Crippen molar-refractivity contribution in [3.63, 3.8) is 0 Å². The van der Waals surface area contributed by atoms with Crippen molar-refractivity contribution in [3.8, 4) is 0 Å². The molecule has 0 radical (unpaired) electrons. The third kappa shape index (κ3) is 2.93. The normalized spacial score (nSPS) is 12.3. The molecular formula is C17H23N5O2. The van der Waals surface area contributed by atoms with E-state index in [0.717, 1.165) is 22.2 Å². The van der Waals surface area contributed by atoms with E-state index >= 15 is 0 Å². The van der Waals surface area contributed by atoms with Crippen LogP contribution in [0.2, 0.25) is 0 Å². The van der Waals surface area contributed by atoms with Crippen LogP contribution in [0.15, 0.2) is 24.3 Å². The van der Waals surface area contributed by atoms with Crippen LogP contribution in [0.25, 0.3) is 21.9 Å². The summed E-state index contributed by atoms with van der Waals surface area (Å²) in [6.07, 6.45) is 0. The van der Waals surface area contributed by atoms with Crippen molar-refractivity contribution in [1.82, 2.24) is 14.5 Å². The largest absolute Gasteiger partial charge is 0.382 e. The Kier molecular flexibility index (Phi) is 4.40. The van der Waals surface area contributed by atoms with Gasteiger partial charge in [-0.25, -0.2) is 15.9 Å². The van der Waals surface area contributed by atoms with Gasteiger partial charge in [0.05, 0.1) is 17.6 Å². The van der Waals surface area contributed by atoms with E-state index in [1.807, 2.05) is 45.0 Å². The van der Waals surface area contributed by atoms with Crippen LogP contribution in [0, 0.1) is 0 Å². The molecule has 0 saturated carbocycles. The molecule has 0 unspecified atom stereocenters. The van der Waals surface area contributed by atoms with E-state index in [0.29, 0.717) is 31.1 Å². The SMILES string of the molecule is CCOCc1nc2c(N)nc3ccccc3c2n1CC(C)(C)ON. The van der Waals surface area contributed by atoms with Crippen LogP contribution in [0.1, 0.15) is 26.6 Å². The van der Waals surface area contributed by atoms with Crippen molar-refractivity contribution >= 4 is 27.8 Å². The average molecular weight is 329 g/mol. The number of anilines is 1. The summed E-state index contributed by atoms with van der Waals surface area (Å²) >= 11 is 0. The molecule has 7 nitrogen and oxygen atoms in total. The van der Waals surface area contributed by atoms with Gasteiger partial charge in [-0.05, 0) is 26.8 Å². The molecule has 0 aliphatic heterocycles. The maximum Gasteiger partial charge on any atom is 0.152 e. The molecule has 3 rings (SSSR count). The van der Waals surface area contributed by atoms with E-state index in [2.05, 4.69) is 14.5 Å². The number of nitrogen functional groups attached to an aromatic ring is 1. The maximum atomic E-state index is 6.15. The van der Waals surface area contributed by atoms with E-state index in [9.17, 15) is 0 Å². The van der Waals surface area contributed by atoms with Gasteiger partial charge in [0, 0.05) is 12.0 Å². The summed E-state index contributed by atoms with van der Waals surface area (Å²) in [7, 11) is 0. The smallest absolute Gasteiger partial charge is 0.152 e. The number of nitrogens with zero attached hydrogens (tertiary/aromatic N) is 3. The minimum atomic E-state index is -0.562. The Morgan fingerprint density at radius 3 is 2.67 bits per heavy atom. The third-order valence-electron chi connectivity index (χ3n) is 3.98. The molecule has 0 fully saturated rings. The lowest BCUT2D eigenvalue weighted by Gasteiger charge is -2.24. The number of benzene rings is 1. The third-order valence-corrected chi connectivity index (χ3v) is 3.98. The molecule has 0 saturated heterocycles. The number of pyridine rings is 1. The molecule has 0 spiro atoms. The predicted molar refractivity (Wildman–Crippen MR) is 94.1 cm³/mol. The maximum absolute atomic E-state index is 6.15. The zero-order valence-electron chi connectivity index (χ0n) is 14.2.